The van der Waals surface area contributed by atoms with Crippen LogP contribution in [0.15, 0.2) is 0 Å². The maximum atomic E-state index is 13.5. The van der Waals surface area contributed by atoms with Gasteiger partial charge in [-0.25, -0.2) is 0 Å². The third-order valence-corrected chi connectivity index (χ3v) is 22.2. The molecule has 19 nitrogen and oxygen atoms in total. The average molecular weight is 1460 g/mol. The molecule has 3 aliphatic rings. The normalized spacial score (nSPS) is 26.1. The van der Waals surface area contributed by atoms with Crippen LogP contribution in [0.2, 0.25) is 0 Å². The zero-order chi connectivity index (χ0) is 73.9. The lowest BCUT2D eigenvalue weighted by Gasteiger charge is -2.48. The van der Waals surface area contributed by atoms with Crippen molar-refractivity contribution in [1.82, 2.24) is 5.32 Å². The van der Waals surface area contributed by atoms with Crippen LogP contribution in [0.1, 0.15) is 393 Å². The van der Waals surface area contributed by atoms with Crippen molar-refractivity contribution in [2.75, 3.05) is 26.4 Å². The first-order valence-corrected chi connectivity index (χ1v) is 43.3. The van der Waals surface area contributed by atoms with Gasteiger partial charge in [0, 0.05) is 6.42 Å². The fourth-order valence-corrected chi connectivity index (χ4v) is 15.3. The zero-order valence-corrected chi connectivity index (χ0v) is 65.1. The molecule has 0 spiro atoms. The monoisotopic (exact) mass is 1460 g/mol. The Bertz CT molecular complexity index is 1840. The van der Waals surface area contributed by atoms with Gasteiger partial charge in [0.25, 0.3) is 0 Å². The van der Waals surface area contributed by atoms with Crippen molar-refractivity contribution in [1.29, 1.82) is 0 Å². The SMILES string of the molecule is CCCCCCCCCCCCCCCCCCCCCCCCCCCCCCCCCCCCCC(=O)NC(COC1OC(CO)C(OC2OC(CO)C(OC3OC(CO)C(O)C(O)C3O)C(O)C2O)C(O)C1O)C(O)CCCCCCCCCCCCCCCCCCCCCCCC. The molecule has 3 aliphatic heterocycles. The highest BCUT2D eigenvalue weighted by Crippen LogP contribution is 2.34. The van der Waals surface area contributed by atoms with Crippen LogP contribution >= 0.6 is 0 Å². The Kier molecular flexibility index (Phi) is 60.2. The van der Waals surface area contributed by atoms with E-state index < -0.39 is 124 Å². The first kappa shape index (κ1) is 95.0. The molecule has 0 saturated carbocycles. The van der Waals surface area contributed by atoms with Gasteiger partial charge in [0.15, 0.2) is 18.9 Å². The van der Waals surface area contributed by atoms with Crippen molar-refractivity contribution in [2.24, 2.45) is 0 Å². The van der Waals surface area contributed by atoms with Gasteiger partial charge in [-0.1, -0.05) is 373 Å². The minimum atomic E-state index is -1.97. The molecule has 3 saturated heterocycles. The number of rotatable bonds is 71. The summed E-state index contributed by atoms with van der Waals surface area (Å²) in [4.78, 5) is 13.5. The van der Waals surface area contributed by atoms with Gasteiger partial charge in [-0.05, 0) is 12.8 Å². The standard InChI is InChI=1S/C83H161NO18/c1-3-5-7-9-11-13-15-17-19-21-23-25-27-28-29-30-31-32-33-34-35-36-37-38-39-41-43-45-47-49-51-53-55-57-59-61-71(89)84-66(67(88)60-58-56-54-52-50-48-46-44-42-40-26-24-22-20-18-16-14-12-10-8-6-4-2)65-97-81-77(95)74(92)79(69(63-86)99-81)102-83-78(96)75(93)80(70(64-87)100-83)101-82-76(94)73(91)72(90)68(62-85)98-82/h66-70,72-83,85-88,90-96H,3-65H2,1-2H3,(H,84,89). The summed E-state index contributed by atoms with van der Waals surface area (Å²) in [6.07, 6.45) is 49.3. The molecule has 0 aromatic carbocycles. The van der Waals surface area contributed by atoms with Crippen LogP contribution in [0.4, 0.5) is 0 Å². The molecule has 0 bridgehead atoms. The van der Waals surface area contributed by atoms with Gasteiger partial charge in [-0.2, -0.15) is 0 Å². The summed E-state index contributed by atoms with van der Waals surface area (Å²) in [5, 5.41) is 121. The van der Waals surface area contributed by atoms with Crippen molar-refractivity contribution in [3.63, 3.8) is 0 Å². The smallest absolute Gasteiger partial charge is 0.220 e. The molecular formula is C83H161NO18. The van der Waals surface area contributed by atoms with Crippen LogP contribution in [0, 0.1) is 0 Å². The van der Waals surface area contributed by atoms with E-state index in [1.807, 2.05) is 0 Å². The Morgan fingerprint density at radius 3 is 0.853 bits per heavy atom. The van der Waals surface area contributed by atoms with Crippen LogP contribution in [-0.2, 0) is 33.2 Å². The molecular weight excluding hydrogens is 1300 g/mol. The van der Waals surface area contributed by atoms with E-state index in [0.717, 1.165) is 44.9 Å². The highest BCUT2D eigenvalue weighted by molar-refractivity contribution is 5.76. The predicted octanol–water partition coefficient (Wildman–Crippen LogP) is 15.4. The molecule has 12 N–H and O–H groups in total. The maximum absolute atomic E-state index is 13.5. The fourth-order valence-electron chi connectivity index (χ4n) is 15.3. The van der Waals surface area contributed by atoms with E-state index in [2.05, 4.69) is 19.2 Å². The quantitative estimate of drug-likeness (QED) is 0.0252. The number of hydrogen-bond donors (Lipinski definition) is 12. The topological polar surface area (TPSA) is 307 Å². The third kappa shape index (κ3) is 43.8. The molecule has 17 atom stereocenters. The van der Waals surface area contributed by atoms with Crippen molar-refractivity contribution in [3.8, 4) is 0 Å². The minimum Gasteiger partial charge on any atom is -0.394 e. The summed E-state index contributed by atoms with van der Waals surface area (Å²) in [5.74, 6) is -0.232. The van der Waals surface area contributed by atoms with Crippen LogP contribution in [0.5, 0.6) is 0 Å². The molecule has 1 amide bonds. The minimum absolute atomic E-state index is 0.232. The van der Waals surface area contributed by atoms with Gasteiger partial charge in [0.2, 0.25) is 5.91 Å². The van der Waals surface area contributed by atoms with Crippen LogP contribution in [0.25, 0.3) is 0 Å². The number of ether oxygens (including phenoxy) is 6. The number of amides is 1. The van der Waals surface area contributed by atoms with E-state index in [4.69, 9.17) is 28.4 Å². The molecule has 3 fully saturated rings. The van der Waals surface area contributed by atoms with Crippen molar-refractivity contribution in [3.05, 3.63) is 0 Å². The van der Waals surface area contributed by atoms with Crippen LogP contribution in [-0.4, -0.2) is 193 Å². The summed E-state index contributed by atoms with van der Waals surface area (Å²) in [7, 11) is 0. The number of aliphatic hydroxyl groups excluding tert-OH is 11. The number of carbonyl (C=O) groups excluding carboxylic acids is 1. The van der Waals surface area contributed by atoms with Gasteiger partial charge in [-0.3, -0.25) is 4.79 Å². The van der Waals surface area contributed by atoms with Crippen LogP contribution < -0.4 is 5.32 Å². The van der Waals surface area contributed by atoms with E-state index in [1.54, 1.807) is 0 Å². The maximum Gasteiger partial charge on any atom is 0.220 e. The fraction of sp³-hybridized carbons (Fsp3) is 0.988. The van der Waals surface area contributed by atoms with E-state index >= 15 is 0 Å². The molecule has 0 aromatic rings. The zero-order valence-electron chi connectivity index (χ0n) is 65.1. The molecule has 3 rings (SSSR count). The molecule has 102 heavy (non-hydrogen) atoms. The molecule has 606 valence electrons. The molecule has 3 heterocycles. The highest BCUT2D eigenvalue weighted by atomic mass is 16.8. The largest absolute Gasteiger partial charge is 0.394 e. The molecule has 0 aliphatic carbocycles. The summed E-state index contributed by atoms with van der Waals surface area (Å²) >= 11 is 0. The number of hydrogen-bond acceptors (Lipinski definition) is 18. The summed E-state index contributed by atoms with van der Waals surface area (Å²) in [6, 6.07) is -0.884. The summed E-state index contributed by atoms with van der Waals surface area (Å²) in [5.41, 5.74) is 0. The van der Waals surface area contributed by atoms with Gasteiger partial charge in [0.05, 0.1) is 38.6 Å². The summed E-state index contributed by atoms with van der Waals surface area (Å²) in [6.45, 7) is 1.88. The lowest BCUT2D eigenvalue weighted by atomic mass is 9.96. The molecule has 0 radical (unpaired) electrons. The Morgan fingerprint density at radius 1 is 0.314 bits per heavy atom. The Hall–Kier alpha value is -1.21. The number of aliphatic hydroxyl groups is 11. The lowest BCUT2D eigenvalue weighted by molar-refractivity contribution is -0.379. The number of carbonyl (C=O) groups is 1. The van der Waals surface area contributed by atoms with Gasteiger partial charge < -0.3 is 89.9 Å². The Labute approximate surface area is 621 Å². The first-order chi connectivity index (χ1) is 49.8. The van der Waals surface area contributed by atoms with E-state index in [0.29, 0.717) is 12.8 Å². The van der Waals surface area contributed by atoms with Crippen molar-refractivity contribution < 1.29 is 89.4 Å². The lowest BCUT2D eigenvalue weighted by Crippen LogP contribution is -2.66. The van der Waals surface area contributed by atoms with Gasteiger partial charge in [-0.15, -0.1) is 0 Å². The predicted molar refractivity (Wildman–Crippen MR) is 407 cm³/mol. The van der Waals surface area contributed by atoms with Gasteiger partial charge >= 0.3 is 0 Å². The first-order valence-electron chi connectivity index (χ1n) is 43.3. The highest BCUT2D eigenvalue weighted by Gasteiger charge is 2.54. The Balaban J connectivity index is 1.31. The van der Waals surface area contributed by atoms with E-state index in [1.165, 1.54) is 315 Å². The van der Waals surface area contributed by atoms with Crippen molar-refractivity contribution in [2.45, 2.75) is 497 Å². The van der Waals surface area contributed by atoms with Crippen molar-refractivity contribution >= 4 is 5.91 Å². The average Bonchev–Trinajstić information content (AvgIpc) is 0.781. The number of unbranched alkanes of at least 4 members (excludes halogenated alkanes) is 55. The second-order valence-corrected chi connectivity index (χ2v) is 31.4. The molecule has 19 heteroatoms. The van der Waals surface area contributed by atoms with Crippen LogP contribution in [0.3, 0.4) is 0 Å². The van der Waals surface area contributed by atoms with Gasteiger partial charge in [0.1, 0.15) is 73.2 Å². The molecule has 17 unspecified atom stereocenters. The second-order valence-electron chi connectivity index (χ2n) is 31.4. The second kappa shape index (κ2) is 64.6. The third-order valence-electron chi connectivity index (χ3n) is 22.2. The van der Waals surface area contributed by atoms with E-state index in [-0.39, 0.29) is 18.9 Å². The molecule has 0 aromatic heterocycles. The van der Waals surface area contributed by atoms with E-state index in [9.17, 15) is 61.0 Å². The Morgan fingerprint density at radius 2 is 0.559 bits per heavy atom. The number of nitrogens with one attached hydrogen (secondary N) is 1. The summed E-state index contributed by atoms with van der Waals surface area (Å²) < 4.78 is 34.6.